The van der Waals surface area contributed by atoms with Crippen LogP contribution in [0.2, 0.25) is 0 Å². The maximum atomic E-state index is 4.86. The summed E-state index contributed by atoms with van der Waals surface area (Å²) in [6.07, 6.45) is 18.5. The van der Waals surface area contributed by atoms with E-state index in [1.54, 1.807) is 0 Å². The summed E-state index contributed by atoms with van der Waals surface area (Å²) in [5.41, 5.74) is 13.1. The molecule has 6 aromatic rings. The molecule has 10 heteroatoms. The molecule has 0 bridgehead atoms. The Morgan fingerprint density at radius 3 is 1.38 bits per heavy atom. The molecule has 3 atom stereocenters. The van der Waals surface area contributed by atoms with Crippen LogP contribution in [0.25, 0.3) is 0 Å². The fraction of sp³-hybridized carbons (Fsp3) is 0.418. The summed E-state index contributed by atoms with van der Waals surface area (Å²) in [5.74, 6) is 0. The second kappa shape index (κ2) is 23.3. The first-order valence-electron chi connectivity index (χ1n) is 24.4. The Bertz CT molecular complexity index is 2310. The van der Waals surface area contributed by atoms with Crippen molar-refractivity contribution in [3.63, 3.8) is 0 Å². The molecular weight excluding hydrogens is 801 g/mol. The maximum Gasteiger partial charge on any atom is 0.0607 e. The van der Waals surface area contributed by atoms with Crippen molar-refractivity contribution in [2.45, 2.75) is 121 Å². The minimum absolute atomic E-state index is 0.421. The largest absolute Gasteiger partial charge is 0.317 e. The molecule has 0 spiro atoms. The van der Waals surface area contributed by atoms with E-state index >= 15 is 0 Å². The van der Waals surface area contributed by atoms with Crippen molar-refractivity contribution in [2.24, 2.45) is 0 Å². The number of aryl methyl sites for hydroxylation is 2. The summed E-state index contributed by atoms with van der Waals surface area (Å²) < 4.78 is 0. The molecule has 3 unspecified atom stereocenters. The van der Waals surface area contributed by atoms with E-state index in [9.17, 15) is 0 Å². The lowest BCUT2D eigenvalue weighted by Gasteiger charge is -2.42. The topological polar surface area (TPSA) is 106 Å². The maximum absolute atomic E-state index is 4.86. The zero-order valence-electron chi connectivity index (χ0n) is 38.1. The van der Waals surface area contributed by atoms with Gasteiger partial charge in [0, 0.05) is 82.7 Å². The van der Waals surface area contributed by atoms with Gasteiger partial charge in [0.2, 0.25) is 0 Å². The van der Waals surface area contributed by atoms with Crippen molar-refractivity contribution >= 4 is 0 Å². The van der Waals surface area contributed by atoms with Gasteiger partial charge in [-0.25, -0.2) is 0 Å². The summed E-state index contributed by atoms with van der Waals surface area (Å²) in [5, 5.41) is 14.1. The molecular formula is C55H68N10. The minimum Gasteiger partial charge on any atom is -0.317 e. The number of nitrogens with one attached hydrogen (secondary N) is 4. The first-order chi connectivity index (χ1) is 32.2. The first-order valence-corrected chi connectivity index (χ1v) is 24.4. The van der Waals surface area contributed by atoms with E-state index in [1.165, 1.54) is 96.1 Å². The van der Waals surface area contributed by atoms with Crippen molar-refractivity contribution < 1.29 is 0 Å². The molecule has 2 saturated heterocycles. The van der Waals surface area contributed by atoms with Crippen LogP contribution >= 0.6 is 0 Å². The molecule has 0 saturated carbocycles. The molecule has 6 heterocycles. The predicted molar refractivity (Wildman–Crippen MR) is 261 cm³/mol. The second-order valence-electron chi connectivity index (χ2n) is 18.4. The minimum atomic E-state index is 0.421. The third-order valence-corrected chi connectivity index (χ3v) is 13.9. The van der Waals surface area contributed by atoms with E-state index < -0.39 is 0 Å². The number of aromatic nitrogens is 4. The van der Waals surface area contributed by atoms with Crippen molar-refractivity contribution in [1.29, 1.82) is 0 Å². The van der Waals surface area contributed by atoms with Crippen LogP contribution in [-0.4, -0.2) is 68.0 Å². The molecule has 10 rings (SSSR count). The number of benzene rings is 2. The highest BCUT2D eigenvalue weighted by Crippen LogP contribution is 2.38. The van der Waals surface area contributed by atoms with Gasteiger partial charge in [-0.15, -0.1) is 0 Å². The number of hydrogen-bond acceptors (Lipinski definition) is 10. The number of fused-ring (bicyclic) bond motifs is 2. The number of piperidine rings is 1. The van der Waals surface area contributed by atoms with Gasteiger partial charge in [-0.05, 0) is 147 Å². The normalized spacial score (nSPS) is 19.6. The van der Waals surface area contributed by atoms with E-state index in [4.69, 9.17) is 9.97 Å². The predicted octanol–water partition coefficient (Wildman–Crippen LogP) is 8.41. The van der Waals surface area contributed by atoms with E-state index in [1.807, 2.05) is 49.1 Å². The van der Waals surface area contributed by atoms with Crippen molar-refractivity contribution in [3.8, 4) is 0 Å². The smallest absolute Gasteiger partial charge is 0.0607 e. The third-order valence-electron chi connectivity index (χ3n) is 13.9. The van der Waals surface area contributed by atoms with Crippen LogP contribution in [0.4, 0.5) is 0 Å². The van der Waals surface area contributed by atoms with Crippen LogP contribution in [0.15, 0.2) is 134 Å². The molecule has 0 amide bonds. The zero-order chi connectivity index (χ0) is 43.9. The van der Waals surface area contributed by atoms with E-state index in [-0.39, 0.29) is 0 Å². The van der Waals surface area contributed by atoms with Gasteiger partial charge in [0.05, 0.1) is 34.9 Å². The average Bonchev–Trinajstić information content (AvgIpc) is 3.92. The van der Waals surface area contributed by atoms with Crippen LogP contribution in [0.5, 0.6) is 0 Å². The summed E-state index contributed by atoms with van der Waals surface area (Å²) >= 11 is 0. The SMILES string of the molecule is c1ccc(CNCc2ccc(CN(C3CCNC3)C3CCCc4cccnc43)cc2)nc1.c1ccc(CNCc2ccc(CN(C3CCNCC3)C3CCCc4cccnc43)cc2)nc1. The van der Waals surface area contributed by atoms with Crippen LogP contribution < -0.4 is 21.3 Å². The van der Waals surface area contributed by atoms with E-state index in [0.29, 0.717) is 24.2 Å². The standard InChI is InChI=1S/C28H35N5.C27H33N5/c1-2-15-31-25(7-1)20-30-19-22-9-11-23(12-10-22)21-33(26-13-17-29-18-14-26)27-8-3-5-24-6-4-16-32-28(24)27;1-2-14-30-24(7-1)18-29-17-21-9-11-22(12-10-21)20-32(25-13-16-28-19-25)26-8-3-5-23-6-4-15-31-27(23)26/h1-2,4,6-7,9-12,15-16,26-27,29-30H,3,5,8,13-14,17-21H2;1-2,4,6-7,9-12,14-15,25-26,28-29H,3,5,8,13,16-20H2. The summed E-state index contributed by atoms with van der Waals surface area (Å²) in [4.78, 5) is 23.9. The number of pyridine rings is 4. The van der Waals surface area contributed by atoms with Crippen LogP contribution in [-0.2, 0) is 52.1 Å². The Morgan fingerprint density at radius 2 is 0.908 bits per heavy atom. The Morgan fingerprint density at radius 1 is 0.446 bits per heavy atom. The van der Waals surface area contributed by atoms with Gasteiger partial charge < -0.3 is 21.3 Å². The zero-order valence-corrected chi connectivity index (χ0v) is 38.1. The van der Waals surface area contributed by atoms with Gasteiger partial charge in [-0.2, -0.15) is 0 Å². The molecule has 338 valence electrons. The van der Waals surface area contributed by atoms with Crippen molar-refractivity contribution in [3.05, 3.63) is 190 Å². The number of rotatable bonds is 16. The summed E-state index contributed by atoms with van der Waals surface area (Å²) in [6, 6.07) is 41.2. The van der Waals surface area contributed by atoms with Crippen molar-refractivity contribution in [2.75, 3.05) is 26.2 Å². The fourth-order valence-corrected chi connectivity index (χ4v) is 10.5. The van der Waals surface area contributed by atoms with Crippen LogP contribution in [0.1, 0.15) is 113 Å². The molecule has 2 aliphatic carbocycles. The molecule has 10 nitrogen and oxygen atoms in total. The Balaban J connectivity index is 0.000000164. The van der Waals surface area contributed by atoms with E-state index in [0.717, 1.165) is 83.3 Å². The molecule has 4 aliphatic rings. The third kappa shape index (κ3) is 12.4. The van der Waals surface area contributed by atoms with Gasteiger partial charge >= 0.3 is 0 Å². The molecule has 4 aromatic heterocycles. The average molecular weight is 869 g/mol. The van der Waals surface area contributed by atoms with Gasteiger partial charge in [0.25, 0.3) is 0 Å². The fourth-order valence-electron chi connectivity index (χ4n) is 10.5. The van der Waals surface area contributed by atoms with Crippen LogP contribution in [0, 0.1) is 0 Å². The molecule has 65 heavy (non-hydrogen) atoms. The number of hydrogen-bond donors (Lipinski definition) is 4. The number of nitrogens with zero attached hydrogens (tertiary/aromatic N) is 6. The lowest BCUT2D eigenvalue weighted by atomic mass is 9.88. The van der Waals surface area contributed by atoms with Gasteiger partial charge in [0.15, 0.2) is 0 Å². The highest BCUT2D eigenvalue weighted by molar-refractivity contribution is 5.29. The Hall–Kier alpha value is -5.20. The monoisotopic (exact) mass is 869 g/mol. The summed E-state index contributed by atoms with van der Waals surface area (Å²) in [6.45, 7) is 9.69. The van der Waals surface area contributed by atoms with E-state index in [2.05, 4.69) is 126 Å². The Labute approximate surface area is 387 Å². The molecule has 2 aromatic carbocycles. The quantitative estimate of drug-likeness (QED) is 0.0759. The molecule has 2 fully saturated rings. The van der Waals surface area contributed by atoms with Gasteiger partial charge in [0.1, 0.15) is 0 Å². The highest BCUT2D eigenvalue weighted by Gasteiger charge is 2.34. The molecule has 4 N–H and O–H groups in total. The molecule has 0 radical (unpaired) electrons. The van der Waals surface area contributed by atoms with Gasteiger partial charge in [-0.1, -0.05) is 72.8 Å². The second-order valence-corrected chi connectivity index (χ2v) is 18.4. The lowest BCUT2D eigenvalue weighted by molar-refractivity contribution is 0.0861. The van der Waals surface area contributed by atoms with Crippen LogP contribution in [0.3, 0.4) is 0 Å². The first kappa shape index (κ1) is 45.0. The lowest BCUT2D eigenvalue weighted by Crippen LogP contribution is -2.45. The van der Waals surface area contributed by atoms with Gasteiger partial charge in [-0.3, -0.25) is 29.7 Å². The molecule has 2 aliphatic heterocycles. The summed E-state index contributed by atoms with van der Waals surface area (Å²) in [7, 11) is 0. The Kier molecular flexibility index (Phi) is 16.1. The highest BCUT2D eigenvalue weighted by atomic mass is 15.2. The van der Waals surface area contributed by atoms with Crippen molar-refractivity contribution in [1.82, 2.24) is 51.0 Å².